The molecule has 90 valence electrons. The number of hydrogen-bond donors (Lipinski definition) is 1. The Morgan fingerprint density at radius 1 is 1.38 bits per heavy atom. The van der Waals surface area contributed by atoms with Gasteiger partial charge >= 0.3 is 0 Å². The van der Waals surface area contributed by atoms with Crippen LogP contribution in [-0.2, 0) is 7.05 Å². The average molecular weight is 222 g/mol. The van der Waals surface area contributed by atoms with Gasteiger partial charge in [-0.15, -0.1) is 0 Å². The van der Waals surface area contributed by atoms with Crippen molar-refractivity contribution in [3.05, 3.63) is 18.0 Å². The molecule has 3 heteroatoms. The predicted molar refractivity (Wildman–Crippen MR) is 64.0 cm³/mol. The Bertz CT molecular complexity index is 313. The third-order valence-corrected chi connectivity index (χ3v) is 3.61. The Morgan fingerprint density at radius 2 is 2.06 bits per heavy atom. The summed E-state index contributed by atoms with van der Waals surface area (Å²) in [6, 6.07) is 1.92. The van der Waals surface area contributed by atoms with E-state index in [0.29, 0.717) is 5.92 Å². The lowest BCUT2D eigenvalue weighted by molar-refractivity contribution is 0.134. The maximum absolute atomic E-state index is 10.1. The molecule has 0 aromatic carbocycles. The molecule has 0 spiro atoms. The van der Waals surface area contributed by atoms with Crippen molar-refractivity contribution >= 4 is 0 Å². The second kappa shape index (κ2) is 5.48. The highest BCUT2D eigenvalue weighted by molar-refractivity contribution is 5.02. The van der Waals surface area contributed by atoms with Gasteiger partial charge in [0, 0.05) is 13.2 Å². The van der Waals surface area contributed by atoms with E-state index in [1.54, 1.807) is 4.68 Å². The van der Waals surface area contributed by atoms with E-state index in [9.17, 15) is 5.11 Å². The van der Waals surface area contributed by atoms with E-state index in [0.717, 1.165) is 12.1 Å². The Hall–Kier alpha value is -0.830. The molecule has 16 heavy (non-hydrogen) atoms. The largest absolute Gasteiger partial charge is 0.387 e. The second-order valence-electron chi connectivity index (χ2n) is 5.02. The third-order valence-electron chi connectivity index (χ3n) is 3.61. The van der Waals surface area contributed by atoms with E-state index in [2.05, 4.69) is 5.10 Å². The van der Waals surface area contributed by atoms with Crippen LogP contribution in [0.4, 0.5) is 0 Å². The third kappa shape index (κ3) is 3.08. The fraction of sp³-hybridized carbons (Fsp3) is 0.769. The Balaban J connectivity index is 1.88. The van der Waals surface area contributed by atoms with E-state index >= 15 is 0 Å². The van der Waals surface area contributed by atoms with Crippen molar-refractivity contribution in [2.45, 2.75) is 51.0 Å². The molecule has 1 saturated carbocycles. The van der Waals surface area contributed by atoms with Gasteiger partial charge < -0.3 is 5.11 Å². The molecule has 3 nitrogen and oxygen atoms in total. The van der Waals surface area contributed by atoms with Gasteiger partial charge in [0.25, 0.3) is 0 Å². The average Bonchev–Trinajstić information content (AvgIpc) is 2.54. The molecule has 2 rings (SSSR count). The lowest BCUT2D eigenvalue weighted by Crippen LogP contribution is -2.08. The van der Waals surface area contributed by atoms with Crippen molar-refractivity contribution in [3.63, 3.8) is 0 Å². The molecule has 1 N–H and O–H groups in total. The Labute approximate surface area is 97.5 Å². The monoisotopic (exact) mass is 222 g/mol. The van der Waals surface area contributed by atoms with Gasteiger partial charge in [0.2, 0.25) is 0 Å². The molecule has 1 atom stereocenters. The zero-order chi connectivity index (χ0) is 11.4. The maximum Gasteiger partial charge on any atom is 0.0980 e. The predicted octanol–water partition coefficient (Wildman–Crippen LogP) is 2.81. The molecule has 1 fully saturated rings. The Kier molecular flexibility index (Phi) is 3.99. The van der Waals surface area contributed by atoms with Crippen LogP contribution in [-0.4, -0.2) is 14.9 Å². The summed E-state index contributed by atoms with van der Waals surface area (Å²) >= 11 is 0. The van der Waals surface area contributed by atoms with Crippen LogP contribution in [0.15, 0.2) is 12.3 Å². The topological polar surface area (TPSA) is 38.0 Å². The van der Waals surface area contributed by atoms with Gasteiger partial charge in [-0.05, 0) is 18.4 Å². The lowest BCUT2D eigenvalue weighted by atomic mass is 9.93. The van der Waals surface area contributed by atoms with E-state index in [-0.39, 0.29) is 6.10 Å². The van der Waals surface area contributed by atoms with Crippen molar-refractivity contribution in [3.8, 4) is 0 Å². The van der Waals surface area contributed by atoms with Crippen molar-refractivity contribution in [2.75, 3.05) is 0 Å². The molecular formula is C13H22N2O. The minimum absolute atomic E-state index is 0.371. The van der Waals surface area contributed by atoms with Crippen LogP contribution in [0.3, 0.4) is 0 Å². The van der Waals surface area contributed by atoms with Crippen molar-refractivity contribution in [1.29, 1.82) is 0 Å². The van der Waals surface area contributed by atoms with Gasteiger partial charge in [-0.25, -0.2) is 0 Å². The first-order valence-corrected chi connectivity index (χ1v) is 6.43. The van der Waals surface area contributed by atoms with Crippen molar-refractivity contribution in [1.82, 2.24) is 9.78 Å². The van der Waals surface area contributed by atoms with Gasteiger partial charge in [0.1, 0.15) is 0 Å². The van der Waals surface area contributed by atoms with Crippen LogP contribution in [0.1, 0.15) is 56.7 Å². The van der Waals surface area contributed by atoms with Gasteiger partial charge in [-0.1, -0.05) is 38.5 Å². The SMILES string of the molecule is Cn1ccc(C(O)CC2CCCCCC2)n1. The van der Waals surface area contributed by atoms with Gasteiger partial charge in [-0.2, -0.15) is 5.10 Å². The molecule has 1 aliphatic rings. The summed E-state index contributed by atoms with van der Waals surface area (Å²) in [6.07, 6.45) is 10.4. The van der Waals surface area contributed by atoms with Crippen LogP contribution < -0.4 is 0 Å². The molecule has 1 aromatic heterocycles. The van der Waals surface area contributed by atoms with E-state index in [1.165, 1.54) is 38.5 Å². The summed E-state index contributed by atoms with van der Waals surface area (Å²) in [5.41, 5.74) is 0.826. The zero-order valence-electron chi connectivity index (χ0n) is 10.1. The summed E-state index contributed by atoms with van der Waals surface area (Å²) in [7, 11) is 1.89. The van der Waals surface area contributed by atoms with Crippen LogP contribution in [0.25, 0.3) is 0 Å². The van der Waals surface area contributed by atoms with Crippen LogP contribution in [0.2, 0.25) is 0 Å². The van der Waals surface area contributed by atoms with Crippen LogP contribution >= 0.6 is 0 Å². The molecule has 0 amide bonds. The first-order valence-electron chi connectivity index (χ1n) is 6.43. The first-order chi connectivity index (χ1) is 7.75. The normalized spacial score (nSPS) is 20.6. The fourth-order valence-electron chi connectivity index (χ4n) is 2.65. The molecule has 1 aromatic rings. The highest BCUT2D eigenvalue weighted by atomic mass is 16.3. The summed E-state index contributed by atoms with van der Waals surface area (Å²) in [5, 5.41) is 14.4. The number of rotatable bonds is 3. The van der Waals surface area contributed by atoms with Crippen molar-refractivity contribution in [2.24, 2.45) is 13.0 Å². The van der Waals surface area contributed by atoms with Gasteiger partial charge in [-0.3, -0.25) is 4.68 Å². The minimum atomic E-state index is -0.371. The molecule has 1 heterocycles. The Morgan fingerprint density at radius 3 is 2.62 bits per heavy atom. The molecule has 0 bridgehead atoms. The number of aliphatic hydroxyl groups is 1. The molecule has 0 aliphatic heterocycles. The van der Waals surface area contributed by atoms with Crippen molar-refractivity contribution < 1.29 is 5.11 Å². The smallest absolute Gasteiger partial charge is 0.0980 e. The minimum Gasteiger partial charge on any atom is -0.387 e. The molecular weight excluding hydrogens is 200 g/mol. The second-order valence-corrected chi connectivity index (χ2v) is 5.02. The highest BCUT2D eigenvalue weighted by Gasteiger charge is 2.18. The maximum atomic E-state index is 10.1. The van der Waals surface area contributed by atoms with Crippen LogP contribution in [0, 0.1) is 5.92 Å². The lowest BCUT2D eigenvalue weighted by Gasteiger charge is -2.16. The van der Waals surface area contributed by atoms with Crippen LogP contribution in [0.5, 0.6) is 0 Å². The quantitative estimate of drug-likeness (QED) is 0.799. The summed E-state index contributed by atoms with van der Waals surface area (Å²) in [4.78, 5) is 0. The van der Waals surface area contributed by atoms with E-state index < -0.39 is 0 Å². The number of hydrogen-bond acceptors (Lipinski definition) is 2. The number of aliphatic hydroxyl groups excluding tert-OH is 1. The fourth-order valence-corrected chi connectivity index (χ4v) is 2.65. The number of aryl methyl sites for hydroxylation is 1. The summed E-state index contributed by atoms with van der Waals surface area (Å²) in [6.45, 7) is 0. The van der Waals surface area contributed by atoms with Gasteiger partial charge in [0.15, 0.2) is 0 Å². The molecule has 0 saturated heterocycles. The van der Waals surface area contributed by atoms with E-state index in [4.69, 9.17) is 0 Å². The van der Waals surface area contributed by atoms with Gasteiger partial charge in [0.05, 0.1) is 11.8 Å². The zero-order valence-corrected chi connectivity index (χ0v) is 10.1. The first kappa shape index (κ1) is 11.6. The molecule has 1 unspecified atom stereocenters. The molecule has 1 aliphatic carbocycles. The summed E-state index contributed by atoms with van der Waals surface area (Å²) < 4.78 is 1.76. The standard InChI is InChI=1S/C13H22N2O/c1-15-9-8-12(14-15)13(16)10-11-6-4-2-3-5-7-11/h8-9,11,13,16H,2-7,10H2,1H3. The highest BCUT2D eigenvalue weighted by Crippen LogP contribution is 2.30. The summed E-state index contributed by atoms with van der Waals surface area (Å²) in [5.74, 6) is 0.694. The number of aromatic nitrogens is 2. The van der Waals surface area contributed by atoms with E-state index in [1.807, 2.05) is 19.3 Å². The molecule has 0 radical (unpaired) electrons. The number of nitrogens with zero attached hydrogens (tertiary/aromatic N) is 2.